The SMILES string of the molecule is C=C(C)C(=O)ON(C)C(C)C. The molecular weight excluding hydrogens is 142 g/mol. The Bertz CT molecular complexity index is 163. The summed E-state index contributed by atoms with van der Waals surface area (Å²) in [5, 5.41) is 1.50. The maximum absolute atomic E-state index is 10.9. The van der Waals surface area contributed by atoms with Gasteiger partial charge in [0.1, 0.15) is 0 Å². The van der Waals surface area contributed by atoms with Crippen LogP contribution in [0.1, 0.15) is 20.8 Å². The van der Waals surface area contributed by atoms with Crippen LogP contribution in [0.25, 0.3) is 0 Å². The zero-order valence-electron chi connectivity index (χ0n) is 7.55. The number of hydrogen-bond donors (Lipinski definition) is 0. The Hall–Kier alpha value is -0.830. The molecule has 0 spiro atoms. The molecule has 0 aliphatic carbocycles. The number of nitrogens with zero attached hydrogens (tertiary/aromatic N) is 1. The lowest BCUT2D eigenvalue weighted by Gasteiger charge is -2.19. The van der Waals surface area contributed by atoms with E-state index >= 15 is 0 Å². The van der Waals surface area contributed by atoms with Gasteiger partial charge in [0, 0.05) is 18.7 Å². The molecule has 0 aromatic heterocycles. The van der Waals surface area contributed by atoms with Gasteiger partial charge in [-0.05, 0) is 20.8 Å². The van der Waals surface area contributed by atoms with Gasteiger partial charge in [0.2, 0.25) is 0 Å². The van der Waals surface area contributed by atoms with Gasteiger partial charge < -0.3 is 4.84 Å². The first-order valence-corrected chi connectivity index (χ1v) is 3.55. The maximum atomic E-state index is 10.9. The Kier molecular flexibility index (Phi) is 3.82. The summed E-state index contributed by atoms with van der Waals surface area (Å²) in [5.74, 6) is -0.374. The van der Waals surface area contributed by atoms with E-state index in [-0.39, 0.29) is 12.0 Å². The summed E-state index contributed by atoms with van der Waals surface area (Å²) in [6.45, 7) is 8.96. The van der Waals surface area contributed by atoms with Crippen LogP contribution in [0.4, 0.5) is 0 Å². The van der Waals surface area contributed by atoms with E-state index in [4.69, 9.17) is 4.84 Å². The third-order valence-electron chi connectivity index (χ3n) is 1.30. The Balaban J connectivity index is 3.85. The largest absolute Gasteiger partial charge is 0.364 e. The lowest BCUT2D eigenvalue weighted by Crippen LogP contribution is -2.29. The summed E-state index contributed by atoms with van der Waals surface area (Å²) in [6.07, 6.45) is 0. The number of carbonyl (C=O) groups excluding carboxylic acids is 1. The molecular formula is C8H15NO2. The van der Waals surface area contributed by atoms with Crippen LogP contribution in [0, 0.1) is 0 Å². The van der Waals surface area contributed by atoms with Crippen molar-refractivity contribution in [3.8, 4) is 0 Å². The molecule has 3 heteroatoms. The third kappa shape index (κ3) is 3.78. The molecule has 0 aromatic carbocycles. The molecule has 0 aliphatic heterocycles. The first-order valence-electron chi connectivity index (χ1n) is 3.55. The van der Waals surface area contributed by atoms with Gasteiger partial charge in [-0.25, -0.2) is 4.79 Å². The first-order chi connectivity index (χ1) is 4.95. The van der Waals surface area contributed by atoms with Gasteiger partial charge in [-0.15, -0.1) is 5.06 Å². The van der Waals surface area contributed by atoms with Crippen LogP contribution in [0.15, 0.2) is 12.2 Å². The zero-order valence-corrected chi connectivity index (χ0v) is 7.55. The minimum absolute atomic E-state index is 0.193. The summed E-state index contributed by atoms with van der Waals surface area (Å²) in [5.41, 5.74) is 0.414. The predicted molar refractivity (Wildman–Crippen MR) is 43.8 cm³/mol. The molecule has 64 valence electrons. The quantitative estimate of drug-likeness (QED) is 0.457. The molecule has 0 saturated carbocycles. The van der Waals surface area contributed by atoms with E-state index in [0.717, 1.165) is 0 Å². The Labute approximate surface area is 67.6 Å². The fraction of sp³-hybridized carbons (Fsp3) is 0.625. The van der Waals surface area contributed by atoms with Crippen LogP contribution in [-0.4, -0.2) is 24.1 Å². The Morgan fingerprint density at radius 3 is 2.27 bits per heavy atom. The number of rotatable bonds is 3. The van der Waals surface area contributed by atoms with Crippen LogP contribution >= 0.6 is 0 Å². The van der Waals surface area contributed by atoms with Crippen molar-refractivity contribution in [2.45, 2.75) is 26.8 Å². The average Bonchev–Trinajstić information content (AvgIpc) is 1.87. The van der Waals surface area contributed by atoms with Crippen LogP contribution in [0.2, 0.25) is 0 Å². The third-order valence-corrected chi connectivity index (χ3v) is 1.30. The van der Waals surface area contributed by atoms with E-state index in [1.807, 2.05) is 13.8 Å². The second kappa shape index (κ2) is 4.13. The standard InChI is InChI=1S/C8H15NO2/c1-6(2)8(10)11-9(5)7(3)4/h7H,1H2,2-5H3. The lowest BCUT2D eigenvalue weighted by atomic mass is 10.4. The second-order valence-corrected chi connectivity index (χ2v) is 2.80. The fourth-order valence-electron chi connectivity index (χ4n) is 0.314. The van der Waals surface area contributed by atoms with Crippen molar-refractivity contribution >= 4 is 5.97 Å². The molecule has 11 heavy (non-hydrogen) atoms. The van der Waals surface area contributed by atoms with Crippen LogP contribution in [-0.2, 0) is 9.63 Å². The fourth-order valence-corrected chi connectivity index (χ4v) is 0.314. The molecule has 0 bridgehead atoms. The molecule has 0 rings (SSSR count). The predicted octanol–water partition coefficient (Wildman–Crippen LogP) is 1.36. The van der Waals surface area contributed by atoms with Crippen molar-refractivity contribution in [2.24, 2.45) is 0 Å². The summed E-state index contributed by atoms with van der Waals surface area (Å²) in [6, 6.07) is 0.193. The highest BCUT2D eigenvalue weighted by Gasteiger charge is 2.09. The summed E-state index contributed by atoms with van der Waals surface area (Å²) < 4.78 is 0. The van der Waals surface area contributed by atoms with Gasteiger partial charge in [0.15, 0.2) is 0 Å². The summed E-state index contributed by atoms with van der Waals surface area (Å²) >= 11 is 0. The van der Waals surface area contributed by atoms with Gasteiger partial charge >= 0.3 is 5.97 Å². The molecule has 0 unspecified atom stereocenters. The van der Waals surface area contributed by atoms with E-state index in [1.165, 1.54) is 5.06 Å². The molecule has 0 amide bonds. The lowest BCUT2D eigenvalue weighted by molar-refractivity contribution is -0.186. The summed E-state index contributed by atoms with van der Waals surface area (Å²) in [7, 11) is 1.71. The Morgan fingerprint density at radius 1 is 1.55 bits per heavy atom. The van der Waals surface area contributed by atoms with Crippen molar-refractivity contribution in [2.75, 3.05) is 7.05 Å². The number of carbonyl (C=O) groups is 1. The van der Waals surface area contributed by atoms with E-state index in [9.17, 15) is 4.79 Å². The molecule has 0 aliphatic rings. The van der Waals surface area contributed by atoms with Crippen LogP contribution < -0.4 is 0 Å². The topological polar surface area (TPSA) is 29.5 Å². The highest BCUT2D eigenvalue weighted by Crippen LogP contribution is 1.99. The molecule has 0 fully saturated rings. The van der Waals surface area contributed by atoms with Gasteiger partial charge in [-0.1, -0.05) is 6.58 Å². The highest BCUT2D eigenvalue weighted by atomic mass is 16.7. The van der Waals surface area contributed by atoms with Gasteiger partial charge in [0.05, 0.1) is 0 Å². The van der Waals surface area contributed by atoms with Crippen molar-refractivity contribution in [3.05, 3.63) is 12.2 Å². The van der Waals surface area contributed by atoms with Gasteiger partial charge in [-0.3, -0.25) is 0 Å². The van der Waals surface area contributed by atoms with Crippen LogP contribution in [0.3, 0.4) is 0 Å². The van der Waals surface area contributed by atoms with E-state index < -0.39 is 0 Å². The monoisotopic (exact) mass is 157 g/mol. The molecule has 0 N–H and O–H groups in total. The van der Waals surface area contributed by atoms with Crippen molar-refractivity contribution in [3.63, 3.8) is 0 Å². The zero-order chi connectivity index (χ0) is 9.02. The molecule has 0 heterocycles. The second-order valence-electron chi connectivity index (χ2n) is 2.80. The van der Waals surface area contributed by atoms with Crippen molar-refractivity contribution in [1.29, 1.82) is 0 Å². The molecule has 0 radical (unpaired) electrons. The van der Waals surface area contributed by atoms with Gasteiger partial charge in [-0.2, -0.15) is 0 Å². The highest BCUT2D eigenvalue weighted by molar-refractivity contribution is 5.86. The maximum Gasteiger partial charge on any atom is 0.352 e. The number of hydrogen-bond acceptors (Lipinski definition) is 3. The van der Waals surface area contributed by atoms with E-state index in [0.29, 0.717) is 5.57 Å². The smallest absolute Gasteiger partial charge is 0.352 e. The van der Waals surface area contributed by atoms with E-state index in [2.05, 4.69) is 6.58 Å². The number of hydroxylamine groups is 2. The first kappa shape index (κ1) is 10.2. The van der Waals surface area contributed by atoms with Crippen molar-refractivity contribution in [1.82, 2.24) is 5.06 Å². The minimum atomic E-state index is -0.374. The van der Waals surface area contributed by atoms with Crippen molar-refractivity contribution < 1.29 is 9.63 Å². The Morgan fingerprint density at radius 2 is 2.00 bits per heavy atom. The molecule has 3 nitrogen and oxygen atoms in total. The van der Waals surface area contributed by atoms with E-state index in [1.54, 1.807) is 14.0 Å². The molecule has 0 atom stereocenters. The molecule has 0 saturated heterocycles. The normalized spacial score (nSPS) is 10.4. The van der Waals surface area contributed by atoms with Gasteiger partial charge in [0.25, 0.3) is 0 Å². The average molecular weight is 157 g/mol. The minimum Gasteiger partial charge on any atom is -0.364 e. The summed E-state index contributed by atoms with van der Waals surface area (Å²) in [4.78, 5) is 15.8. The molecule has 0 aromatic rings. The van der Waals surface area contributed by atoms with Crippen LogP contribution in [0.5, 0.6) is 0 Å².